The van der Waals surface area contributed by atoms with Crippen LogP contribution < -0.4 is 4.74 Å². The zero-order valence-electron chi connectivity index (χ0n) is 11.2. The minimum atomic E-state index is 0.226. The van der Waals surface area contributed by atoms with Crippen molar-refractivity contribution in [3.05, 3.63) is 22.7 Å². The topological polar surface area (TPSA) is 32.7 Å². The van der Waals surface area contributed by atoms with E-state index in [9.17, 15) is 5.11 Å². The lowest BCUT2D eigenvalue weighted by Crippen LogP contribution is -2.21. The van der Waals surface area contributed by atoms with Gasteiger partial charge < -0.3 is 9.84 Å². The Kier molecular flexibility index (Phi) is 3.59. The lowest BCUT2D eigenvalue weighted by Gasteiger charge is -2.18. The zero-order chi connectivity index (χ0) is 13.4. The molecule has 0 bridgehead atoms. The third-order valence-corrected chi connectivity index (χ3v) is 4.75. The molecule has 104 valence electrons. The predicted octanol–water partition coefficient (Wildman–Crippen LogP) is 3.29. The molecule has 1 saturated carbocycles. The van der Waals surface area contributed by atoms with Crippen molar-refractivity contribution in [1.82, 2.24) is 4.90 Å². The first kappa shape index (κ1) is 13.1. The van der Waals surface area contributed by atoms with Gasteiger partial charge in [0.05, 0.1) is 7.11 Å². The van der Waals surface area contributed by atoms with E-state index < -0.39 is 0 Å². The maximum absolute atomic E-state index is 10.2. The largest absolute Gasteiger partial charge is 0.504 e. The van der Waals surface area contributed by atoms with Crippen molar-refractivity contribution in [3.8, 4) is 11.5 Å². The minimum absolute atomic E-state index is 0.226. The number of phenols is 1. The van der Waals surface area contributed by atoms with E-state index in [1.54, 1.807) is 13.2 Å². The van der Waals surface area contributed by atoms with E-state index in [1.807, 2.05) is 6.07 Å². The van der Waals surface area contributed by atoms with E-state index >= 15 is 0 Å². The maximum Gasteiger partial charge on any atom is 0.162 e. The SMILES string of the molecule is COc1cc(Cl)cc(CN2CC3CCCC3C2)c1O. The quantitative estimate of drug-likeness (QED) is 0.923. The molecule has 19 heavy (non-hydrogen) atoms. The molecule has 0 amide bonds. The molecule has 2 fully saturated rings. The lowest BCUT2D eigenvalue weighted by atomic mass is 10.0. The Balaban J connectivity index is 1.75. The minimum Gasteiger partial charge on any atom is -0.504 e. The third kappa shape index (κ3) is 2.54. The number of hydrogen-bond donors (Lipinski definition) is 1. The van der Waals surface area contributed by atoms with E-state index in [-0.39, 0.29) is 5.75 Å². The summed E-state index contributed by atoms with van der Waals surface area (Å²) < 4.78 is 5.15. The molecule has 0 radical (unpaired) electrons. The number of ether oxygens (including phenoxy) is 1. The molecule has 2 unspecified atom stereocenters. The van der Waals surface area contributed by atoms with Gasteiger partial charge in [-0.25, -0.2) is 0 Å². The highest BCUT2D eigenvalue weighted by molar-refractivity contribution is 6.30. The fourth-order valence-electron chi connectivity index (χ4n) is 3.61. The van der Waals surface area contributed by atoms with Crippen LogP contribution in [0.15, 0.2) is 12.1 Å². The number of phenolic OH excluding ortho intramolecular Hbond substituents is 1. The Hall–Kier alpha value is -0.930. The number of rotatable bonds is 3. The molecule has 0 spiro atoms. The van der Waals surface area contributed by atoms with Crippen molar-refractivity contribution >= 4 is 11.6 Å². The van der Waals surface area contributed by atoms with Gasteiger partial charge >= 0.3 is 0 Å². The fraction of sp³-hybridized carbons (Fsp3) is 0.600. The molecule has 2 aliphatic rings. The summed E-state index contributed by atoms with van der Waals surface area (Å²) in [5, 5.41) is 10.8. The number of methoxy groups -OCH3 is 1. The summed E-state index contributed by atoms with van der Waals surface area (Å²) in [5.74, 6) is 2.41. The van der Waals surface area contributed by atoms with Crippen molar-refractivity contribution in [2.75, 3.05) is 20.2 Å². The van der Waals surface area contributed by atoms with Crippen molar-refractivity contribution in [2.45, 2.75) is 25.8 Å². The monoisotopic (exact) mass is 281 g/mol. The van der Waals surface area contributed by atoms with Gasteiger partial charge in [0.2, 0.25) is 0 Å². The second-order valence-corrected chi connectivity index (χ2v) is 6.20. The molecular weight excluding hydrogens is 262 g/mol. The second kappa shape index (κ2) is 5.22. The molecule has 3 nitrogen and oxygen atoms in total. The number of likely N-dealkylation sites (tertiary alicyclic amines) is 1. The molecule has 2 atom stereocenters. The summed E-state index contributed by atoms with van der Waals surface area (Å²) in [6, 6.07) is 3.49. The first-order chi connectivity index (χ1) is 9.17. The van der Waals surface area contributed by atoms with E-state index in [0.717, 1.165) is 37.0 Å². The summed E-state index contributed by atoms with van der Waals surface area (Å²) in [4.78, 5) is 2.43. The summed E-state index contributed by atoms with van der Waals surface area (Å²) >= 11 is 6.07. The van der Waals surface area contributed by atoms with Crippen LogP contribution in [0.25, 0.3) is 0 Å². The van der Waals surface area contributed by atoms with E-state index in [2.05, 4.69) is 4.90 Å². The first-order valence-corrected chi connectivity index (χ1v) is 7.33. The van der Waals surface area contributed by atoms with Crippen LogP contribution in [-0.4, -0.2) is 30.2 Å². The summed E-state index contributed by atoms with van der Waals surface area (Å²) in [7, 11) is 1.55. The summed E-state index contributed by atoms with van der Waals surface area (Å²) in [6.07, 6.45) is 4.12. The van der Waals surface area contributed by atoms with Gasteiger partial charge in [-0.1, -0.05) is 18.0 Å². The van der Waals surface area contributed by atoms with Crippen LogP contribution in [0.5, 0.6) is 11.5 Å². The maximum atomic E-state index is 10.2. The first-order valence-electron chi connectivity index (χ1n) is 6.95. The van der Waals surface area contributed by atoms with Crippen LogP contribution in [0.3, 0.4) is 0 Å². The molecule has 1 saturated heterocycles. The van der Waals surface area contributed by atoms with E-state index in [4.69, 9.17) is 16.3 Å². The number of nitrogens with zero attached hydrogens (tertiary/aromatic N) is 1. The molecule has 1 heterocycles. The van der Waals surface area contributed by atoms with Gasteiger partial charge in [-0.15, -0.1) is 0 Å². The van der Waals surface area contributed by atoms with Crippen molar-refractivity contribution in [1.29, 1.82) is 0 Å². The third-order valence-electron chi connectivity index (χ3n) is 4.53. The van der Waals surface area contributed by atoms with Crippen molar-refractivity contribution in [2.24, 2.45) is 11.8 Å². The van der Waals surface area contributed by atoms with Crippen LogP contribution in [0, 0.1) is 11.8 Å². The van der Waals surface area contributed by atoms with Gasteiger partial charge in [-0.2, -0.15) is 0 Å². The Labute approximate surface area is 119 Å². The van der Waals surface area contributed by atoms with Crippen LogP contribution in [0.1, 0.15) is 24.8 Å². The highest BCUT2D eigenvalue weighted by Gasteiger charge is 2.36. The van der Waals surface area contributed by atoms with Crippen LogP contribution in [0.2, 0.25) is 5.02 Å². The van der Waals surface area contributed by atoms with Gasteiger partial charge in [0.15, 0.2) is 11.5 Å². The van der Waals surface area contributed by atoms with Gasteiger partial charge in [0, 0.05) is 36.3 Å². The smallest absolute Gasteiger partial charge is 0.162 e. The molecule has 4 heteroatoms. The Morgan fingerprint density at radius 1 is 1.32 bits per heavy atom. The molecule has 3 rings (SSSR count). The standard InChI is InChI=1S/C15H20ClNO2/c1-19-14-6-13(16)5-12(15(14)18)9-17-7-10-3-2-4-11(10)8-17/h5-6,10-11,18H,2-4,7-9H2,1H3. The predicted molar refractivity (Wildman–Crippen MR) is 75.8 cm³/mol. The molecule has 1 aliphatic carbocycles. The van der Waals surface area contributed by atoms with Crippen molar-refractivity contribution < 1.29 is 9.84 Å². The molecular formula is C15H20ClNO2. The molecule has 1 aliphatic heterocycles. The summed E-state index contributed by atoms with van der Waals surface area (Å²) in [5.41, 5.74) is 0.865. The molecule has 1 aromatic carbocycles. The number of aromatic hydroxyl groups is 1. The molecule has 1 aromatic rings. The van der Waals surface area contributed by atoms with E-state index in [0.29, 0.717) is 10.8 Å². The average molecular weight is 282 g/mol. The van der Waals surface area contributed by atoms with Gasteiger partial charge in [-0.3, -0.25) is 4.90 Å². The van der Waals surface area contributed by atoms with Crippen molar-refractivity contribution in [3.63, 3.8) is 0 Å². The Morgan fingerprint density at radius 3 is 2.63 bits per heavy atom. The number of benzene rings is 1. The fourth-order valence-corrected chi connectivity index (χ4v) is 3.84. The van der Waals surface area contributed by atoms with Crippen LogP contribution in [-0.2, 0) is 6.54 Å². The highest BCUT2D eigenvalue weighted by atomic mass is 35.5. The summed E-state index contributed by atoms with van der Waals surface area (Å²) in [6.45, 7) is 3.06. The van der Waals surface area contributed by atoms with Gasteiger partial charge in [0.25, 0.3) is 0 Å². The van der Waals surface area contributed by atoms with Gasteiger partial charge in [-0.05, 0) is 30.7 Å². The lowest BCUT2D eigenvalue weighted by molar-refractivity contribution is 0.295. The normalized spacial score (nSPS) is 26.6. The Morgan fingerprint density at radius 2 is 2.00 bits per heavy atom. The van der Waals surface area contributed by atoms with Crippen LogP contribution in [0.4, 0.5) is 0 Å². The number of fused-ring (bicyclic) bond motifs is 1. The highest BCUT2D eigenvalue weighted by Crippen LogP contribution is 2.40. The average Bonchev–Trinajstić information content (AvgIpc) is 2.94. The number of hydrogen-bond acceptors (Lipinski definition) is 3. The number of halogens is 1. The zero-order valence-corrected chi connectivity index (χ0v) is 12.0. The van der Waals surface area contributed by atoms with Gasteiger partial charge in [0.1, 0.15) is 0 Å². The Bertz CT molecular complexity index is 465. The van der Waals surface area contributed by atoms with E-state index in [1.165, 1.54) is 19.3 Å². The molecule has 1 N–H and O–H groups in total. The second-order valence-electron chi connectivity index (χ2n) is 5.76. The molecule has 0 aromatic heterocycles. The van der Waals surface area contributed by atoms with Crippen LogP contribution >= 0.6 is 11.6 Å².